The summed E-state index contributed by atoms with van der Waals surface area (Å²) in [6.07, 6.45) is 0.344. The van der Waals surface area contributed by atoms with Crippen molar-refractivity contribution in [3.05, 3.63) is 0 Å². The van der Waals surface area contributed by atoms with Gasteiger partial charge in [0.2, 0.25) is 0 Å². The highest BCUT2D eigenvalue weighted by molar-refractivity contribution is 5.67. The molecule has 0 saturated heterocycles. The van der Waals surface area contributed by atoms with E-state index in [1.165, 1.54) is 0 Å². The molecule has 0 bridgehead atoms. The van der Waals surface area contributed by atoms with Crippen molar-refractivity contribution in [2.75, 3.05) is 27.1 Å². The zero-order valence-corrected chi connectivity index (χ0v) is 5.29. The lowest BCUT2D eigenvalue weighted by Crippen LogP contribution is -2.06. The van der Waals surface area contributed by atoms with Crippen LogP contribution in [0.1, 0.15) is 0 Å². The van der Waals surface area contributed by atoms with Crippen molar-refractivity contribution in [3.63, 3.8) is 0 Å². The topological polar surface area (TPSA) is 40.0 Å². The van der Waals surface area contributed by atoms with Gasteiger partial charge in [-0.2, -0.15) is 0 Å². The molecule has 1 rings (SSSR count). The smallest absolute Gasteiger partial charge is 0.385 e. The summed E-state index contributed by atoms with van der Waals surface area (Å²) in [4.78, 5) is 3.87. The lowest BCUT2D eigenvalue weighted by molar-refractivity contribution is 0.0197. The fourth-order valence-corrected chi connectivity index (χ4v) is 0.512. The molecule has 1 aliphatic rings. The lowest BCUT2D eigenvalue weighted by Gasteiger charge is -2.01. The minimum atomic E-state index is 0.207. The SMILES string of the molecule is COCOC1=NCCO1. The van der Waals surface area contributed by atoms with E-state index < -0.39 is 0 Å². The molecular weight excluding hydrogens is 122 g/mol. The van der Waals surface area contributed by atoms with Crippen molar-refractivity contribution in [2.24, 2.45) is 4.99 Å². The Bertz CT molecular complexity index is 113. The van der Waals surface area contributed by atoms with Crippen LogP contribution in [0.15, 0.2) is 4.99 Å². The molecule has 0 aromatic rings. The van der Waals surface area contributed by atoms with Crippen molar-refractivity contribution < 1.29 is 14.2 Å². The fraction of sp³-hybridized carbons (Fsp3) is 0.800. The second-order valence-electron chi connectivity index (χ2n) is 1.55. The van der Waals surface area contributed by atoms with Crippen LogP contribution in [0, 0.1) is 0 Å². The summed E-state index contributed by atoms with van der Waals surface area (Å²) in [6, 6.07) is 0. The second kappa shape index (κ2) is 3.29. The number of aliphatic imine (C=N–C) groups is 1. The van der Waals surface area contributed by atoms with Gasteiger partial charge in [0.1, 0.15) is 6.61 Å². The molecule has 0 saturated carbocycles. The van der Waals surface area contributed by atoms with Crippen LogP contribution in [-0.4, -0.2) is 33.1 Å². The quantitative estimate of drug-likeness (QED) is 0.495. The Balaban J connectivity index is 2.11. The first-order valence-electron chi connectivity index (χ1n) is 2.72. The zero-order chi connectivity index (χ0) is 6.53. The van der Waals surface area contributed by atoms with Gasteiger partial charge < -0.3 is 14.2 Å². The standard InChI is InChI=1S/C5H9NO3/c1-7-4-9-5-6-2-3-8-5/h2-4H2,1H3. The summed E-state index contributed by atoms with van der Waals surface area (Å²) in [6.45, 7) is 1.52. The molecule has 0 aromatic heterocycles. The molecule has 0 aliphatic carbocycles. The van der Waals surface area contributed by atoms with Crippen molar-refractivity contribution in [2.45, 2.75) is 0 Å². The number of hydrogen-bond donors (Lipinski definition) is 0. The Morgan fingerprint density at radius 3 is 3.22 bits per heavy atom. The molecule has 52 valence electrons. The van der Waals surface area contributed by atoms with Gasteiger partial charge >= 0.3 is 6.08 Å². The van der Waals surface area contributed by atoms with Crippen LogP contribution in [0.4, 0.5) is 0 Å². The predicted molar refractivity (Wildman–Crippen MR) is 31.2 cm³/mol. The van der Waals surface area contributed by atoms with Crippen molar-refractivity contribution in [3.8, 4) is 0 Å². The highest BCUT2D eigenvalue weighted by atomic mass is 16.7. The first kappa shape index (κ1) is 6.35. The Labute approximate surface area is 53.4 Å². The minimum absolute atomic E-state index is 0.207. The van der Waals surface area contributed by atoms with Gasteiger partial charge in [0, 0.05) is 7.11 Å². The predicted octanol–water partition coefficient (Wildman–Crippen LogP) is -0.00690. The van der Waals surface area contributed by atoms with Crippen molar-refractivity contribution in [1.82, 2.24) is 0 Å². The molecule has 0 radical (unpaired) electrons. The lowest BCUT2D eigenvalue weighted by atomic mass is 10.8. The van der Waals surface area contributed by atoms with Gasteiger partial charge in [-0.25, -0.2) is 4.99 Å². The van der Waals surface area contributed by atoms with E-state index in [-0.39, 0.29) is 6.79 Å². The first-order chi connectivity index (χ1) is 4.43. The third-order valence-electron chi connectivity index (χ3n) is 0.858. The third-order valence-corrected chi connectivity index (χ3v) is 0.858. The van der Waals surface area contributed by atoms with E-state index in [0.717, 1.165) is 0 Å². The zero-order valence-electron chi connectivity index (χ0n) is 5.29. The molecule has 0 atom stereocenters. The normalized spacial score (nSPS) is 16.8. The molecule has 0 spiro atoms. The molecule has 0 unspecified atom stereocenters. The highest BCUT2D eigenvalue weighted by Gasteiger charge is 2.06. The summed E-state index contributed by atoms with van der Waals surface area (Å²) < 4.78 is 14.4. The van der Waals surface area contributed by atoms with Gasteiger partial charge in [0.25, 0.3) is 0 Å². The van der Waals surface area contributed by atoms with Crippen LogP contribution in [0.5, 0.6) is 0 Å². The number of ether oxygens (including phenoxy) is 3. The molecule has 9 heavy (non-hydrogen) atoms. The second-order valence-corrected chi connectivity index (χ2v) is 1.55. The summed E-state index contributed by atoms with van der Waals surface area (Å²) in [5, 5.41) is 0. The van der Waals surface area contributed by atoms with Crippen LogP contribution >= 0.6 is 0 Å². The largest absolute Gasteiger partial charge is 0.449 e. The van der Waals surface area contributed by atoms with E-state index in [4.69, 9.17) is 9.47 Å². The van der Waals surface area contributed by atoms with Gasteiger partial charge in [-0.05, 0) is 0 Å². The van der Waals surface area contributed by atoms with Crippen LogP contribution in [0.3, 0.4) is 0 Å². The van der Waals surface area contributed by atoms with Gasteiger partial charge in [-0.1, -0.05) is 0 Å². The summed E-state index contributed by atoms with van der Waals surface area (Å²) in [5.41, 5.74) is 0. The number of rotatable bonds is 2. The van der Waals surface area contributed by atoms with Gasteiger partial charge in [-0.15, -0.1) is 0 Å². The van der Waals surface area contributed by atoms with E-state index in [2.05, 4.69) is 9.73 Å². The molecule has 1 heterocycles. The summed E-state index contributed by atoms with van der Waals surface area (Å²) in [7, 11) is 1.55. The van der Waals surface area contributed by atoms with Gasteiger partial charge in [-0.3, -0.25) is 0 Å². The average Bonchev–Trinajstić information content (AvgIpc) is 2.34. The van der Waals surface area contributed by atoms with E-state index in [1.807, 2.05) is 0 Å². The molecular formula is C5H9NO3. The van der Waals surface area contributed by atoms with E-state index in [0.29, 0.717) is 19.2 Å². The molecule has 4 nitrogen and oxygen atoms in total. The van der Waals surface area contributed by atoms with Crippen molar-refractivity contribution in [1.29, 1.82) is 0 Å². The van der Waals surface area contributed by atoms with Crippen LogP contribution < -0.4 is 0 Å². The van der Waals surface area contributed by atoms with Gasteiger partial charge in [0.05, 0.1) is 6.54 Å². The van der Waals surface area contributed by atoms with E-state index >= 15 is 0 Å². The van der Waals surface area contributed by atoms with Gasteiger partial charge in [0.15, 0.2) is 6.79 Å². The fourth-order valence-electron chi connectivity index (χ4n) is 0.512. The Hall–Kier alpha value is -0.770. The first-order valence-corrected chi connectivity index (χ1v) is 2.72. The van der Waals surface area contributed by atoms with E-state index in [9.17, 15) is 0 Å². The minimum Gasteiger partial charge on any atom is -0.449 e. The number of nitrogens with zero attached hydrogens (tertiary/aromatic N) is 1. The van der Waals surface area contributed by atoms with E-state index in [1.54, 1.807) is 7.11 Å². The van der Waals surface area contributed by atoms with Crippen LogP contribution in [-0.2, 0) is 14.2 Å². The molecule has 4 heteroatoms. The van der Waals surface area contributed by atoms with Crippen LogP contribution in [0.25, 0.3) is 0 Å². The molecule has 0 aromatic carbocycles. The maximum absolute atomic E-state index is 4.90. The number of methoxy groups -OCH3 is 1. The Morgan fingerprint density at radius 1 is 1.78 bits per heavy atom. The van der Waals surface area contributed by atoms with Crippen molar-refractivity contribution >= 4 is 6.08 Å². The maximum atomic E-state index is 4.90. The Morgan fingerprint density at radius 2 is 2.67 bits per heavy atom. The number of hydrogen-bond acceptors (Lipinski definition) is 4. The summed E-state index contributed by atoms with van der Waals surface area (Å²) in [5.74, 6) is 0. The summed E-state index contributed by atoms with van der Waals surface area (Å²) >= 11 is 0. The molecule has 1 aliphatic heterocycles. The molecule has 0 N–H and O–H groups in total. The third kappa shape index (κ3) is 1.89. The monoisotopic (exact) mass is 131 g/mol. The average molecular weight is 131 g/mol. The van der Waals surface area contributed by atoms with Crippen LogP contribution in [0.2, 0.25) is 0 Å². The molecule has 0 amide bonds. The Kier molecular flexibility index (Phi) is 2.32. The highest BCUT2D eigenvalue weighted by Crippen LogP contribution is 1.94. The maximum Gasteiger partial charge on any atom is 0.385 e. The molecule has 0 fully saturated rings.